The van der Waals surface area contributed by atoms with Crippen molar-refractivity contribution < 1.29 is 19.1 Å². The van der Waals surface area contributed by atoms with Crippen LogP contribution in [-0.2, 0) is 4.74 Å². The Morgan fingerprint density at radius 1 is 1.67 bits per heavy atom. The summed E-state index contributed by atoms with van der Waals surface area (Å²) in [5, 5.41) is 8.99. The van der Waals surface area contributed by atoms with E-state index in [0.29, 0.717) is 0 Å². The van der Waals surface area contributed by atoms with Crippen LogP contribution < -0.4 is 5.43 Å². The molecule has 1 aromatic heterocycles. The normalized spacial score (nSPS) is 9.42. The van der Waals surface area contributed by atoms with E-state index >= 15 is 0 Å². The Labute approximate surface area is 67.2 Å². The highest BCUT2D eigenvalue weighted by atomic mass is 16.5. The number of carbonyl (C=O) groups excluding carboxylic acids is 1. The number of carbonyl (C=O) groups is 1. The topological polar surface area (TPSA) is 76.7 Å². The summed E-state index contributed by atoms with van der Waals surface area (Å²) in [5.74, 6) is -2.10. The summed E-state index contributed by atoms with van der Waals surface area (Å²) in [4.78, 5) is 21.5. The third kappa shape index (κ3) is 1.29. The Kier molecular flexibility index (Phi) is 2.14. The Balaban J connectivity index is 3.26. The van der Waals surface area contributed by atoms with Gasteiger partial charge < -0.3 is 14.3 Å². The zero-order chi connectivity index (χ0) is 9.14. The van der Waals surface area contributed by atoms with Crippen molar-refractivity contribution in [3.05, 3.63) is 28.3 Å². The molecule has 1 N–H and O–H groups in total. The molecular formula is C7H6O5. The number of hydrogen-bond acceptors (Lipinski definition) is 5. The van der Waals surface area contributed by atoms with Crippen LogP contribution in [0.25, 0.3) is 0 Å². The molecule has 12 heavy (non-hydrogen) atoms. The molecule has 64 valence electrons. The summed E-state index contributed by atoms with van der Waals surface area (Å²) in [6, 6.07) is 1.00. The minimum absolute atomic E-state index is 0.481. The maximum Gasteiger partial charge on any atom is 0.378 e. The highest BCUT2D eigenvalue weighted by Crippen LogP contribution is 2.10. The largest absolute Gasteiger partial charge is 0.501 e. The molecule has 0 radical (unpaired) electrons. The molecule has 0 amide bonds. The van der Waals surface area contributed by atoms with Crippen LogP contribution in [0, 0.1) is 0 Å². The van der Waals surface area contributed by atoms with E-state index < -0.39 is 22.9 Å². The van der Waals surface area contributed by atoms with Crippen molar-refractivity contribution in [2.75, 3.05) is 7.11 Å². The molecule has 1 rings (SSSR count). The zero-order valence-corrected chi connectivity index (χ0v) is 6.23. The van der Waals surface area contributed by atoms with Gasteiger partial charge in [0, 0.05) is 6.07 Å². The smallest absolute Gasteiger partial charge is 0.378 e. The van der Waals surface area contributed by atoms with E-state index in [1.54, 1.807) is 0 Å². The lowest BCUT2D eigenvalue weighted by atomic mass is 10.3. The second kappa shape index (κ2) is 3.08. The zero-order valence-electron chi connectivity index (χ0n) is 6.23. The maximum absolute atomic E-state index is 10.8. The maximum atomic E-state index is 10.8. The van der Waals surface area contributed by atoms with Gasteiger partial charge in [0.2, 0.25) is 11.2 Å². The third-order valence-corrected chi connectivity index (χ3v) is 1.22. The number of aromatic hydroxyl groups is 1. The Bertz CT molecular complexity index is 351. The number of methoxy groups -OCH3 is 1. The highest BCUT2D eigenvalue weighted by Gasteiger charge is 2.16. The minimum Gasteiger partial charge on any atom is -0.501 e. The van der Waals surface area contributed by atoms with E-state index in [9.17, 15) is 9.59 Å². The van der Waals surface area contributed by atoms with E-state index in [1.165, 1.54) is 0 Å². The lowest BCUT2D eigenvalue weighted by molar-refractivity contribution is 0.0556. The van der Waals surface area contributed by atoms with E-state index in [2.05, 4.69) is 9.15 Å². The fraction of sp³-hybridized carbons (Fsp3) is 0.143. The number of hydrogen-bond donors (Lipinski definition) is 1. The van der Waals surface area contributed by atoms with E-state index in [4.69, 9.17) is 5.11 Å². The monoisotopic (exact) mass is 170 g/mol. The number of esters is 1. The third-order valence-electron chi connectivity index (χ3n) is 1.22. The van der Waals surface area contributed by atoms with Crippen LogP contribution in [-0.4, -0.2) is 18.2 Å². The SMILES string of the molecule is COC(=O)c1occc(=O)c1O. The minimum atomic E-state index is -0.884. The molecule has 0 atom stereocenters. The molecule has 1 aromatic rings. The van der Waals surface area contributed by atoms with Gasteiger partial charge in [-0.2, -0.15) is 0 Å². The molecule has 1 heterocycles. The lowest BCUT2D eigenvalue weighted by Crippen LogP contribution is -2.07. The molecule has 0 bridgehead atoms. The molecule has 0 aliphatic carbocycles. The van der Waals surface area contributed by atoms with Crippen molar-refractivity contribution in [3.63, 3.8) is 0 Å². The van der Waals surface area contributed by atoms with Crippen LogP contribution in [0.3, 0.4) is 0 Å². The first-order valence-electron chi connectivity index (χ1n) is 3.06. The summed E-state index contributed by atoms with van der Waals surface area (Å²) in [5.41, 5.74) is -0.679. The first kappa shape index (κ1) is 8.32. The average Bonchev–Trinajstić information content (AvgIpc) is 2.08. The Hall–Kier alpha value is -1.78. The first-order valence-corrected chi connectivity index (χ1v) is 3.06. The summed E-state index contributed by atoms with van der Waals surface area (Å²) in [7, 11) is 1.12. The average molecular weight is 170 g/mol. The van der Waals surface area contributed by atoms with Gasteiger partial charge in [0.25, 0.3) is 5.76 Å². The first-order chi connectivity index (χ1) is 5.66. The van der Waals surface area contributed by atoms with Gasteiger partial charge in [0.05, 0.1) is 13.4 Å². The predicted molar refractivity (Wildman–Crippen MR) is 38.0 cm³/mol. The van der Waals surface area contributed by atoms with Crippen LogP contribution in [0.5, 0.6) is 5.75 Å². The van der Waals surface area contributed by atoms with Gasteiger partial charge in [0.1, 0.15) is 0 Å². The fourth-order valence-corrected chi connectivity index (χ4v) is 0.648. The highest BCUT2D eigenvalue weighted by molar-refractivity contribution is 5.88. The van der Waals surface area contributed by atoms with Crippen molar-refractivity contribution in [2.24, 2.45) is 0 Å². The van der Waals surface area contributed by atoms with Crippen molar-refractivity contribution in [3.8, 4) is 5.75 Å². The predicted octanol–water partition coefficient (Wildman–Crippen LogP) is 0.132. The molecule has 5 nitrogen and oxygen atoms in total. The number of rotatable bonds is 1. The molecule has 0 saturated carbocycles. The molecule has 0 fully saturated rings. The lowest BCUT2D eigenvalue weighted by Gasteiger charge is -1.98. The van der Waals surface area contributed by atoms with E-state index in [0.717, 1.165) is 19.4 Å². The fourth-order valence-electron chi connectivity index (χ4n) is 0.648. The summed E-state index contributed by atoms with van der Waals surface area (Å²) in [6.45, 7) is 0. The Morgan fingerprint density at radius 2 is 2.33 bits per heavy atom. The van der Waals surface area contributed by atoms with E-state index in [-0.39, 0.29) is 0 Å². The summed E-state index contributed by atoms with van der Waals surface area (Å²) < 4.78 is 8.81. The van der Waals surface area contributed by atoms with Gasteiger partial charge in [-0.15, -0.1) is 0 Å². The van der Waals surface area contributed by atoms with Crippen LogP contribution in [0.15, 0.2) is 21.5 Å². The molecular weight excluding hydrogens is 164 g/mol. The van der Waals surface area contributed by atoms with Crippen LogP contribution in [0.1, 0.15) is 10.6 Å². The summed E-state index contributed by atoms with van der Waals surface area (Å²) in [6.07, 6.45) is 1.01. The summed E-state index contributed by atoms with van der Waals surface area (Å²) >= 11 is 0. The van der Waals surface area contributed by atoms with Gasteiger partial charge in [-0.1, -0.05) is 0 Å². The van der Waals surface area contributed by atoms with Gasteiger partial charge in [-0.3, -0.25) is 4.79 Å². The second-order valence-electron chi connectivity index (χ2n) is 1.95. The standard InChI is InChI=1S/C7H6O5/c1-11-7(10)6-5(9)4(8)2-3-12-6/h2-3,9H,1H3. The van der Waals surface area contributed by atoms with Crippen LogP contribution in [0.4, 0.5) is 0 Å². The molecule has 0 aromatic carbocycles. The van der Waals surface area contributed by atoms with Crippen molar-refractivity contribution in [2.45, 2.75) is 0 Å². The molecule has 0 unspecified atom stereocenters. The van der Waals surface area contributed by atoms with Crippen molar-refractivity contribution in [1.29, 1.82) is 0 Å². The molecule has 0 aliphatic rings. The molecule has 5 heteroatoms. The van der Waals surface area contributed by atoms with E-state index in [1.807, 2.05) is 0 Å². The van der Waals surface area contributed by atoms with Gasteiger partial charge >= 0.3 is 5.97 Å². The molecule has 0 aliphatic heterocycles. The van der Waals surface area contributed by atoms with Crippen LogP contribution in [0.2, 0.25) is 0 Å². The molecule has 0 spiro atoms. The van der Waals surface area contributed by atoms with Gasteiger partial charge in [-0.25, -0.2) is 4.79 Å². The van der Waals surface area contributed by atoms with Crippen LogP contribution >= 0.6 is 0 Å². The van der Waals surface area contributed by atoms with Crippen molar-refractivity contribution in [1.82, 2.24) is 0 Å². The quantitative estimate of drug-likeness (QED) is 0.606. The van der Waals surface area contributed by atoms with Gasteiger partial charge in [-0.05, 0) is 0 Å². The molecule has 0 saturated heterocycles. The Morgan fingerprint density at radius 3 is 2.92 bits per heavy atom. The van der Waals surface area contributed by atoms with Gasteiger partial charge in [0.15, 0.2) is 0 Å². The second-order valence-corrected chi connectivity index (χ2v) is 1.95. The number of ether oxygens (including phenoxy) is 1. The van der Waals surface area contributed by atoms with Crippen molar-refractivity contribution >= 4 is 5.97 Å².